The van der Waals surface area contributed by atoms with Crippen molar-refractivity contribution in [2.75, 3.05) is 13.1 Å². The van der Waals surface area contributed by atoms with Crippen molar-refractivity contribution in [3.8, 4) is 5.75 Å². The third-order valence-corrected chi connectivity index (χ3v) is 3.45. The molecule has 2 rings (SSSR count). The van der Waals surface area contributed by atoms with Crippen LogP contribution in [-0.4, -0.2) is 24.0 Å². The van der Waals surface area contributed by atoms with Crippen LogP contribution < -0.4 is 4.74 Å². The summed E-state index contributed by atoms with van der Waals surface area (Å²) in [6, 6.07) is 6.76. The van der Waals surface area contributed by atoms with Crippen LogP contribution >= 0.6 is 11.9 Å². The third kappa shape index (κ3) is 3.35. The summed E-state index contributed by atoms with van der Waals surface area (Å²) >= 11 is 1.67. The highest BCUT2D eigenvalue weighted by molar-refractivity contribution is 7.97. The lowest BCUT2D eigenvalue weighted by molar-refractivity contribution is -0.0498. The Balaban J connectivity index is 1.90. The van der Waals surface area contributed by atoms with Crippen LogP contribution in [0.15, 0.2) is 29.2 Å². The van der Waals surface area contributed by atoms with E-state index in [4.69, 9.17) is 0 Å². The number of rotatable bonds is 4. The molecule has 1 aromatic carbocycles. The first-order valence-electron chi connectivity index (χ1n) is 5.22. The molecule has 2 nitrogen and oxygen atoms in total. The van der Waals surface area contributed by atoms with Gasteiger partial charge in [-0.3, -0.25) is 0 Å². The van der Waals surface area contributed by atoms with E-state index in [0.29, 0.717) is 0 Å². The lowest BCUT2D eigenvalue weighted by atomic mass is 10.3. The molecule has 1 aliphatic heterocycles. The molecule has 16 heavy (non-hydrogen) atoms. The van der Waals surface area contributed by atoms with Crippen molar-refractivity contribution < 1.29 is 13.5 Å². The van der Waals surface area contributed by atoms with Crippen LogP contribution in [0.1, 0.15) is 12.8 Å². The van der Waals surface area contributed by atoms with E-state index in [0.717, 1.165) is 18.0 Å². The molecule has 0 radical (unpaired) electrons. The molecule has 0 N–H and O–H groups in total. The van der Waals surface area contributed by atoms with Gasteiger partial charge in [0.25, 0.3) is 0 Å². The number of alkyl halides is 2. The van der Waals surface area contributed by atoms with Gasteiger partial charge >= 0.3 is 6.61 Å². The van der Waals surface area contributed by atoms with E-state index in [2.05, 4.69) is 9.04 Å². The number of benzene rings is 1. The van der Waals surface area contributed by atoms with Crippen molar-refractivity contribution in [1.82, 2.24) is 4.31 Å². The van der Waals surface area contributed by atoms with Crippen LogP contribution in [0.2, 0.25) is 0 Å². The van der Waals surface area contributed by atoms with Gasteiger partial charge in [0.05, 0.1) is 0 Å². The molecule has 0 unspecified atom stereocenters. The van der Waals surface area contributed by atoms with Crippen molar-refractivity contribution in [3.63, 3.8) is 0 Å². The first-order valence-corrected chi connectivity index (χ1v) is 5.99. The topological polar surface area (TPSA) is 12.5 Å². The first-order chi connectivity index (χ1) is 7.74. The van der Waals surface area contributed by atoms with Crippen LogP contribution in [0.4, 0.5) is 8.78 Å². The van der Waals surface area contributed by atoms with Gasteiger partial charge in [0.15, 0.2) is 0 Å². The summed E-state index contributed by atoms with van der Waals surface area (Å²) in [5, 5.41) is 0. The normalized spacial score (nSPS) is 16.9. The van der Waals surface area contributed by atoms with Gasteiger partial charge in [0, 0.05) is 18.0 Å². The Morgan fingerprint density at radius 3 is 2.31 bits per heavy atom. The highest BCUT2D eigenvalue weighted by Gasteiger charge is 2.12. The van der Waals surface area contributed by atoms with Gasteiger partial charge in [-0.05, 0) is 49.1 Å². The fraction of sp³-hybridized carbons (Fsp3) is 0.455. The van der Waals surface area contributed by atoms with E-state index in [1.165, 1.54) is 12.8 Å². The first kappa shape index (κ1) is 11.7. The second-order valence-corrected chi connectivity index (χ2v) is 4.75. The van der Waals surface area contributed by atoms with E-state index in [9.17, 15) is 8.78 Å². The van der Waals surface area contributed by atoms with E-state index in [1.807, 2.05) is 0 Å². The maximum absolute atomic E-state index is 11.9. The zero-order valence-corrected chi connectivity index (χ0v) is 9.55. The van der Waals surface area contributed by atoms with Crippen LogP contribution in [0.5, 0.6) is 5.75 Å². The summed E-state index contributed by atoms with van der Waals surface area (Å²) in [5.41, 5.74) is 0. The molecule has 0 bridgehead atoms. The molecular formula is C11H13F2NOS. The molecule has 1 heterocycles. The van der Waals surface area contributed by atoms with Gasteiger partial charge in [-0.1, -0.05) is 0 Å². The number of hydrogen-bond acceptors (Lipinski definition) is 3. The highest BCUT2D eigenvalue weighted by atomic mass is 32.2. The van der Waals surface area contributed by atoms with Crippen molar-refractivity contribution in [1.29, 1.82) is 0 Å². The predicted molar refractivity (Wildman–Crippen MR) is 59.7 cm³/mol. The maximum Gasteiger partial charge on any atom is 0.387 e. The SMILES string of the molecule is FC(F)Oc1ccc(SN2CCCC2)cc1. The van der Waals surface area contributed by atoms with Gasteiger partial charge in [0.1, 0.15) is 5.75 Å². The summed E-state index contributed by atoms with van der Waals surface area (Å²) < 4.78 is 30.4. The second kappa shape index (κ2) is 5.50. The fourth-order valence-electron chi connectivity index (χ4n) is 1.61. The van der Waals surface area contributed by atoms with E-state index in [1.54, 1.807) is 36.2 Å². The second-order valence-electron chi connectivity index (χ2n) is 3.58. The number of ether oxygens (including phenoxy) is 1. The van der Waals surface area contributed by atoms with E-state index < -0.39 is 6.61 Å². The molecule has 0 atom stereocenters. The van der Waals surface area contributed by atoms with Crippen molar-refractivity contribution in [2.24, 2.45) is 0 Å². The van der Waals surface area contributed by atoms with Crippen molar-refractivity contribution in [3.05, 3.63) is 24.3 Å². The highest BCUT2D eigenvalue weighted by Crippen LogP contribution is 2.28. The fourth-order valence-corrected chi connectivity index (χ4v) is 2.61. The minimum Gasteiger partial charge on any atom is -0.435 e. The maximum atomic E-state index is 11.9. The molecule has 1 aromatic rings. The van der Waals surface area contributed by atoms with Crippen molar-refractivity contribution in [2.45, 2.75) is 24.3 Å². The Labute approximate surface area is 97.7 Å². The standard InChI is InChI=1S/C11H13F2NOS/c12-11(13)15-9-3-5-10(6-4-9)16-14-7-1-2-8-14/h3-6,11H,1-2,7-8H2. The number of nitrogens with zero attached hydrogens (tertiary/aromatic N) is 1. The molecular weight excluding hydrogens is 232 g/mol. The minimum absolute atomic E-state index is 0.209. The quantitative estimate of drug-likeness (QED) is 0.754. The summed E-state index contributed by atoms with van der Waals surface area (Å²) in [6.07, 6.45) is 2.47. The lowest BCUT2D eigenvalue weighted by Gasteiger charge is -2.13. The van der Waals surface area contributed by atoms with E-state index >= 15 is 0 Å². The van der Waals surface area contributed by atoms with E-state index in [-0.39, 0.29) is 5.75 Å². The molecule has 88 valence electrons. The molecule has 0 amide bonds. The predicted octanol–water partition coefficient (Wildman–Crippen LogP) is 3.39. The molecule has 0 spiro atoms. The smallest absolute Gasteiger partial charge is 0.387 e. The monoisotopic (exact) mass is 245 g/mol. The summed E-state index contributed by atoms with van der Waals surface area (Å²) in [6.45, 7) is -0.558. The Hall–Kier alpha value is -0.810. The van der Waals surface area contributed by atoms with Crippen LogP contribution in [0.3, 0.4) is 0 Å². The Morgan fingerprint density at radius 2 is 1.75 bits per heavy atom. The molecule has 1 fully saturated rings. The average Bonchev–Trinajstić information content (AvgIpc) is 2.73. The molecule has 5 heteroatoms. The largest absolute Gasteiger partial charge is 0.435 e. The Kier molecular flexibility index (Phi) is 4.01. The number of hydrogen-bond donors (Lipinski definition) is 0. The third-order valence-electron chi connectivity index (χ3n) is 2.35. The Bertz CT molecular complexity index is 325. The molecule has 0 aromatic heterocycles. The van der Waals surface area contributed by atoms with Crippen LogP contribution in [0.25, 0.3) is 0 Å². The Morgan fingerprint density at radius 1 is 1.12 bits per heavy atom. The summed E-state index contributed by atoms with van der Waals surface area (Å²) in [5.74, 6) is 0.209. The van der Waals surface area contributed by atoms with Crippen molar-refractivity contribution >= 4 is 11.9 Å². The molecule has 1 aliphatic rings. The average molecular weight is 245 g/mol. The summed E-state index contributed by atoms with van der Waals surface area (Å²) in [4.78, 5) is 1.06. The van der Waals surface area contributed by atoms with Gasteiger partial charge in [-0.25, -0.2) is 4.31 Å². The molecule has 0 aliphatic carbocycles. The van der Waals surface area contributed by atoms with Crippen LogP contribution in [0, 0.1) is 0 Å². The minimum atomic E-state index is -2.75. The summed E-state index contributed by atoms with van der Waals surface area (Å²) in [7, 11) is 0. The van der Waals surface area contributed by atoms with Gasteiger partial charge in [-0.2, -0.15) is 8.78 Å². The van der Waals surface area contributed by atoms with Gasteiger partial charge < -0.3 is 4.74 Å². The van der Waals surface area contributed by atoms with Gasteiger partial charge in [-0.15, -0.1) is 0 Å². The van der Waals surface area contributed by atoms with Gasteiger partial charge in [0.2, 0.25) is 0 Å². The molecule has 0 saturated carbocycles. The number of halogens is 2. The van der Waals surface area contributed by atoms with Crippen LogP contribution in [-0.2, 0) is 0 Å². The molecule has 1 saturated heterocycles. The zero-order chi connectivity index (χ0) is 11.4. The lowest BCUT2D eigenvalue weighted by Crippen LogP contribution is -2.08. The zero-order valence-electron chi connectivity index (χ0n) is 8.73.